The minimum absolute atomic E-state index is 0. The summed E-state index contributed by atoms with van der Waals surface area (Å²) in [7, 11) is 0. The van der Waals surface area contributed by atoms with Crippen LogP contribution in [0, 0.1) is 0 Å². The molecule has 0 aromatic carbocycles. The molecule has 29 heavy (non-hydrogen) atoms. The number of carboxylic acid groups (broad SMARTS) is 2. The number of carbonyl (C=O) groups is 2. The molecule has 0 spiro atoms. The zero-order valence-corrected chi connectivity index (χ0v) is 18.1. The van der Waals surface area contributed by atoms with Gasteiger partial charge in [-0.25, -0.2) is 4.79 Å². The van der Waals surface area contributed by atoms with Gasteiger partial charge in [0.1, 0.15) is 0 Å². The summed E-state index contributed by atoms with van der Waals surface area (Å²) >= 11 is 0. The van der Waals surface area contributed by atoms with Crippen molar-refractivity contribution in [1.82, 2.24) is 0 Å². The molecule has 0 saturated carbocycles. The molecule has 0 heterocycles. The van der Waals surface area contributed by atoms with E-state index in [0.717, 1.165) is 18.9 Å². The number of aliphatic carboxylic acids is 2. The van der Waals surface area contributed by atoms with E-state index in [1.54, 1.807) is 12.2 Å². The monoisotopic (exact) mass is 434 g/mol. The van der Waals surface area contributed by atoms with Crippen LogP contribution in [0.4, 0.5) is 0 Å². The summed E-state index contributed by atoms with van der Waals surface area (Å²) in [6.45, 7) is 4.08. The predicted octanol–water partition coefficient (Wildman–Crippen LogP) is 6.66. The average molecular weight is 435 g/mol. The molecular weight excluding hydrogens is 391 g/mol. The van der Waals surface area contributed by atoms with E-state index in [1.165, 1.54) is 76.7 Å². The SMILES string of the molecule is C/C=C/C=C/C(=O)O.CCCCCCCC/C=C\CCCCCCCC(=O)O.[KH]. The van der Waals surface area contributed by atoms with E-state index in [2.05, 4.69) is 19.1 Å². The first-order chi connectivity index (χ1) is 13.5. The van der Waals surface area contributed by atoms with Crippen molar-refractivity contribution in [3.63, 3.8) is 0 Å². The van der Waals surface area contributed by atoms with Crippen LogP contribution in [0.1, 0.15) is 104 Å². The van der Waals surface area contributed by atoms with Gasteiger partial charge in [-0.2, -0.15) is 0 Å². The van der Waals surface area contributed by atoms with Gasteiger partial charge in [0.25, 0.3) is 0 Å². The molecule has 0 amide bonds. The number of carboxylic acids is 2. The van der Waals surface area contributed by atoms with E-state index in [4.69, 9.17) is 10.2 Å². The Morgan fingerprint density at radius 2 is 1.21 bits per heavy atom. The Bertz CT molecular complexity index is 442. The Morgan fingerprint density at radius 1 is 0.724 bits per heavy atom. The van der Waals surface area contributed by atoms with Crippen LogP contribution in [-0.2, 0) is 9.59 Å². The second-order valence-corrected chi connectivity index (χ2v) is 6.95. The zero-order chi connectivity index (χ0) is 21.3. The van der Waals surface area contributed by atoms with Gasteiger partial charge in [-0.1, -0.05) is 88.7 Å². The Morgan fingerprint density at radius 3 is 1.66 bits per heavy atom. The van der Waals surface area contributed by atoms with Crippen molar-refractivity contribution in [1.29, 1.82) is 0 Å². The third-order valence-corrected chi connectivity index (χ3v) is 4.19. The molecule has 0 aliphatic heterocycles. The standard InChI is InChI=1S/C18H34O2.C6H8O2.K.H/c1-2-3-4-5-6-7-8-9-10-11-12-13-14-15-16-17-18(19)20;1-2-3-4-5-6(7)8;;/h9-10H,2-8,11-17H2,1H3,(H,19,20);2-5H,1H3,(H,7,8);;/b10-9-;3-2+,5-4+;;. The third-order valence-electron chi connectivity index (χ3n) is 4.19. The fraction of sp³-hybridized carbons (Fsp3) is 0.667. The zero-order valence-electron chi connectivity index (χ0n) is 18.1. The van der Waals surface area contributed by atoms with E-state index >= 15 is 0 Å². The summed E-state index contributed by atoms with van der Waals surface area (Å²) in [5.41, 5.74) is 0. The second-order valence-electron chi connectivity index (χ2n) is 6.95. The Balaban J connectivity index is -0.000000636. The van der Waals surface area contributed by atoms with Gasteiger partial charge in [0, 0.05) is 12.5 Å². The normalized spacial score (nSPS) is 10.8. The first-order valence-corrected chi connectivity index (χ1v) is 10.9. The molecule has 0 aliphatic carbocycles. The fourth-order valence-electron chi connectivity index (χ4n) is 2.60. The third kappa shape index (κ3) is 38.9. The van der Waals surface area contributed by atoms with Gasteiger partial charge in [-0.05, 0) is 39.0 Å². The van der Waals surface area contributed by atoms with E-state index in [9.17, 15) is 9.59 Å². The van der Waals surface area contributed by atoms with Crippen LogP contribution >= 0.6 is 0 Å². The number of rotatable bonds is 17. The van der Waals surface area contributed by atoms with Gasteiger partial charge in [0.15, 0.2) is 0 Å². The number of unbranched alkanes of at least 4 members (excludes halogenated alkanes) is 11. The van der Waals surface area contributed by atoms with Crippen LogP contribution in [0.3, 0.4) is 0 Å². The Kier molecular flexibility index (Phi) is 34.6. The van der Waals surface area contributed by atoms with E-state index in [1.807, 2.05) is 6.92 Å². The molecule has 0 rings (SSSR count). The quantitative estimate of drug-likeness (QED) is 0.0882. The van der Waals surface area contributed by atoms with Gasteiger partial charge >= 0.3 is 63.3 Å². The molecule has 0 fully saturated rings. The van der Waals surface area contributed by atoms with Crippen molar-refractivity contribution >= 4 is 63.3 Å². The van der Waals surface area contributed by atoms with Crippen molar-refractivity contribution < 1.29 is 19.8 Å². The van der Waals surface area contributed by atoms with Crippen molar-refractivity contribution in [3.8, 4) is 0 Å². The molecule has 0 unspecified atom stereocenters. The van der Waals surface area contributed by atoms with Crippen molar-refractivity contribution in [2.45, 2.75) is 104 Å². The topological polar surface area (TPSA) is 74.6 Å². The first-order valence-electron chi connectivity index (χ1n) is 10.9. The van der Waals surface area contributed by atoms with E-state index in [0.29, 0.717) is 6.42 Å². The summed E-state index contributed by atoms with van der Waals surface area (Å²) in [4.78, 5) is 20.1. The van der Waals surface area contributed by atoms with Gasteiger partial charge in [0.2, 0.25) is 0 Å². The van der Waals surface area contributed by atoms with Crippen molar-refractivity contribution in [3.05, 3.63) is 36.5 Å². The van der Waals surface area contributed by atoms with Crippen LogP contribution in [0.5, 0.6) is 0 Å². The van der Waals surface area contributed by atoms with Crippen LogP contribution in [0.2, 0.25) is 0 Å². The molecule has 0 saturated heterocycles. The molecule has 0 aromatic rings. The number of hydrogen-bond donors (Lipinski definition) is 2. The molecule has 2 N–H and O–H groups in total. The second kappa shape index (κ2) is 30.0. The van der Waals surface area contributed by atoms with Crippen molar-refractivity contribution in [2.24, 2.45) is 0 Å². The maximum atomic E-state index is 10.3. The van der Waals surface area contributed by atoms with Crippen LogP contribution in [0.15, 0.2) is 36.5 Å². The molecule has 5 heteroatoms. The first kappa shape index (κ1) is 33.4. The summed E-state index contributed by atoms with van der Waals surface area (Å²) < 4.78 is 0. The van der Waals surface area contributed by atoms with E-state index in [-0.39, 0.29) is 51.4 Å². The van der Waals surface area contributed by atoms with Crippen LogP contribution in [0.25, 0.3) is 0 Å². The predicted molar refractivity (Wildman–Crippen MR) is 126 cm³/mol. The Labute approximate surface area is 221 Å². The van der Waals surface area contributed by atoms with Gasteiger partial charge in [-0.3, -0.25) is 4.79 Å². The van der Waals surface area contributed by atoms with Crippen LogP contribution in [-0.4, -0.2) is 73.5 Å². The maximum absolute atomic E-state index is 10.3. The molecule has 0 bridgehead atoms. The summed E-state index contributed by atoms with van der Waals surface area (Å²) in [5.74, 6) is -1.58. The molecule has 0 aromatic heterocycles. The van der Waals surface area contributed by atoms with E-state index < -0.39 is 11.9 Å². The number of hydrogen-bond acceptors (Lipinski definition) is 2. The summed E-state index contributed by atoms with van der Waals surface area (Å²) in [6, 6.07) is 0. The average Bonchev–Trinajstić information content (AvgIpc) is 2.65. The molecule has 0 atom stereocenters. The number of allylic oxidation sites excluding steroid dienone is 5. The van der Waals surface area contributed by atoms with Crippen molar-refractivity contribution in [2.75, 3.05) is 0 Å². The summed E-state index contributed by atoms with van der Waals surface area (Å²) in [6.07, 6.45) is 27.2. The molecule has 0 aliphatic rings. The fourth-order valence-corrected chi connectivity index (χ4v) is 2.60. The molecular formula is C24H43KO4. The summed E-state index contributed by atoms with van der Waals surface area (Å²) in [5, 5.41) is 16.5. The Hall–Kier alpha value is -0.204. The van der Waals surface area contributed by atoms with Gasteiger partial charge < -0.3 is 10.2 Å². The van der Waals surface area contributed by atoms with Gasteiger partial charge in [-0.15, -0.1) is 0 Å². The molecule has 164 valence electrons. The molecule has 0 radical (unpaired) electrons. The van der Waals surface area contributed by atoms with Gasteiger partial charge in [0.05, 0.1) is 0 Å². The molecule has 4 nitrogen and oxygen atoms in total. The van der Waals surface area contributed by atoms with Crippen LogP contribution < -0.4 is 0 Å². The minimum atomic E-state index is -0.914.